The van der Waals surface area contributed by atoms with Gasteiger partial charge in [0.05, 0.1) is 16.4 Å². The first-order valence-electron chi connectivity index (χ1n) is 10.2. The first kappa shape index (κ1) is 25.4. The van der Waals surface area contributed by atoms with Gasteiger partial charge in [-0.1, -0.05) is 69.1 Å². The van der Waals surface area contributed by atoms with E-state index in [1.54, 1.807) is 24.3 Å². The van der Waals surface area contributed by atoms with Crippen LogP contribution in [0.25, 0.3) is 17.1 Å². The molecule has 7 nitrogen and oxygen atoms in total. The van der Waals surface area contributed by atoms with Crippen molar-refractivity contribution in [1.29, 1.82) is 0 Å². The number of halogens is 3. The smallest absolute Gasteiger partial charge is 0.250 e. The van der Waals surface area contributed by atoms with Crippen LogP contribution in [0.4, 0.5) is 0 Å². The maximum absolute atomic E-state index is 12.4. The summed E-state index contributed by atoms with van der Waals surface area (Å²) >= 11 is 13.9. The SMILES string of the molecule is Cc1ccc(-c2nnc(SCC(=O)N/N=C/c3cc(Br)cc(Br)c3O)n2-c2ccc(Cl)cc2)cc1. The zero-order valence-electron chi connectivity index (χ0n) is 18.2. The number of hydrogen-bond donors (Lipinski definition) is 2. The van der Waals surface area contributed by atoms with E-state index in [2.05, 4.69) is 52.6 Å². The summed E-state index contributed by atoms with van der Waals surface area (Å²) in [4.78, 5) is 12.4. The van der Waals surface area contributed by atoms with Gasteiger partial charge in [0.2, 0.25) is 0 Å². The lowest BCUT2D eigenvalue weighted by Crippen LogP contribution is -2.20. The van der Waals surface area contributed by atoms with E-state index < -0.39 is 0 Å². The lowest BCUT2D eigenvalue weighted by molar-refractivity contribution is -0.118. The largest absolute Gasteiger partial charge is 0.506 e. The molecule has 178 valence electrons. The summed E-state index contributed by atoms with van der Waals surface area (Å²) < 4.78 is 3.16. The van der Waals surface area contributed by atoms with Crippen molar-refractivity contribution in [2.45, 2.75) is 12.1 Å². The summed E-state index contributed by atoms with van der Waals surface area (Å²) in [6.07, 6.45) is 1.37. The molecule has 3 aromatic carbocycles. The summed E-state index contributed by atoms with van der Waals surface area (Å²) in [5.74, 6) is 0.414. The van der Waals surface area contributed by atoms with Crippen LogP contribution in [0, 0.1) is 6.92 Å². The molecule has 0 aliphatic carbocycles. The molecule has 35 heavy (non-hydrogen) atoms. The molecule has 11 heteroatoms. The van der Waals surface area contributed by atoms with Crippen LogP contribution in [0.15, 0.2) is 79.9 Å². The number of phenols is 1. The average Bonchev–Trinajstić information content (AvgIpc) is 3.25. The van der Waals surface area contributed by atoms with Crippen molar-refractivity contribution in [3.63, 3.8) is 0 Å². The first-order chi connectivity index (χ1) is 16.8. The number of hydrogen-bond acceptors (Lipinski definition) is 6. The third-order valence-corrected chi connectivity index (χ3v) is 7.05. The molecule has 0 saturated carbocycles. The fourth-order valence-corrected chi connectivity index (χ4v) is 5.22. The van der Waals surface area contributed by atoms with Crippen LogP contribution in [0.1, 0.15) is 11.1 Å². The van der Waals surface area contributed by atoms with Crippen molar-refractivity contribution in [2.24, 2.45) is 5.10 Å². The number of carbonyl (C=O) groups is 1. The highest BCUT2D eigenvalue weighted by molar-refractivity contribution is 9.11. The van der Waals surface area contributed by atoms with Gasteiger partial charge in [0, 0.05) is 26.3 Å². The Morgan fingerprint density at radius 2 is 1.86 bits per heavy atom. The van der Waals surface area contributed by atoms with Crippen LogP contribution < -0.4 is 5.43 Å². The third kappa shape index (κ3) is 6.32. The Kier molecular flexibility index (Phi) is 8.27. The quantitative estimate of drug-likeness (QED) is 0.140. The summed E-state index contributed by atoms with van der Waals surface area (Å²) in [5, 5.41) is 23.9. The van der Waals surface area contributed by atoms with E-state index >= 15 is 0 Å². The summed E-state index contributed by atoms with van der Waals surface area (Å²) in [5.41, 5.74) is 5.79. The Morgan fingerprint density at radius 1 is 1.14 bits per heavy atom. The van der Waals surface area contributed by atoms with Gasteiger partial charge < -0.3 is 5.11 Å². The molecule has 2 N–H and O–H groups in total. The fraction of sp³-hybridized carbons (Fsp3) is 0.0833. The van der Waals surface area contributed by atoms with Crippen molar-refractivity contribution >= 4 is 67.3 Å². The highest BCUT2D eigenvalue weighted by atomic mass is 79.9. The number of hydrazone groups is 1. The molecule has 0 aliphatic rings. The normalized spacial score (nSPS) is 11.2. The molecule has 1 amide bonds. The van der Waals surface area contributed by atoms with E-state index in [1.807, 2.05) is 47.9 Å². The predicted octanol–water partition coefficient (Wildman–Crippen LogP) is 6.37. The topological polar surface area (TPSA) is 92.4 Å². The van der Waals surface area contributed by atoms with Crippen LogP contribution in [0.2, 0.25) is 5.02 Å². The third-order valence-electron chi connectivity index (χ3n) is 4.81. The van der Waals surface area contributed by atoms with Crippen LogP contribution in [0.3, 0.4) is 0 Å². The molecule has 0 radical (unpaired) electrons. The molecule has 4 aromatic rings. The van der Waals surface area contributed by atoms with Crippen LogP contribution in [-0.4, -0.2) is 37.7 Å². The molecular weight excluding hydrogens is 618 g/mol. The number of benzene rings is 3. The molecule has 4 rings (SSSR count). The van der Waals surface area contributed by atoms with Crippen molar-refractivity contribution in [1.82, 2.24) is 20.2 Å². The fourth-order valence-electron chi connectivity index (χ4n) is 3.10. The number of nitrogens with zero attached hydrogens (tertiary/aromatic N) is 4. The number of aromatic nitrogens is 3. The van der Waals surface area contributed by atoms with Gasteiger partial charge in [-0.2, -0.15) is 5.10 Å². The van der Waals surface area contributed by atoms with Crippen molar-refractivity contribution < 1.29 is 9.90 Å². The van der Waals surface area contributed by atoms with E-state index in [9.17, 15) is 9.90 Å². The molecule has 0 fully saturated rings. The lowest BCUT2D eigenvalue weighted by atomic mass is 10.1. The zero-order valence-corrected chi connectivity index (χ0v) is 23.0. The lowest BCUT2D eigenvalue weighted by Gasteiger charge is -2.10. The maximum atomic E-state index is 12.4. The number of carbonyl (C=O) groups excluding carboxylic acids is 1. The minimum atomic E-state index is -0.331. The molecule has 1 heterocycles. The van der Waals surface area contributed by atoms with Crippen molar-refractivity contribution in [3.8, 4) is 22.8 Å². The van der Waals surface area contributed by atoms with E-state index in [4.69, 9.17) is 11.6 Å². The molecule has 0 aliphatic heterocycles. The Morgan fingerprint density at radius 3 is 2.57 bits per heavy atom. The number of amides is 1. The number of aryl methyl sites for hydroxylation is 1. The Bertz CT molecular complexity index is 1390. The molecule has 0 spiro atoms. The Labute approximate surface area is 227 Å². The molecule has 0 atom stereocenters. The zero-order chi connectivity index (χ0) is 24.9. The van der Waals surface area contributed by atoms with Crippen LogP contribution in [-0.2, 0) is 4.79 Å². The standard InChI is InChI=1S/C24H18Br2ClN5O2S/c1-14-2-4-15(5-3-14)23-30-31-24(32(23)19-8-6-18(27)7-9-19)35-13-21(33)29-28-12-16-10-17(25)11-20(26)22(16)34/h2-12,34H,13H2,1H3,(H,29,33)/b28-12+. The second-order valence-corrected chi connectivity index (χ2v) is 10.5. The molecule has 1 aromatic heterocycles. The average molecular weight is 636 g/mol. The van der Waals surface area contributed by atoms with Gasteiger partial charge in [-0.15, -0.1) is 10.2 Å². The number of thioether (sulfide) groups is 1. The number of phenolic OH excluding ortho intramolecular Hbond substituents is 1. The summed E-state index contributed by atoms with van der Waals surface area (Å²) in [6.45, 7) is 2.02. The molecule has 0 unspecified atom stereocenters. The summed E-state index contributed by atoms with van der Waals surface area (Å²) in [7, 11) is 0. The van der Waals surface area contributed by atoms with E-state index in [0.29, 0.717) is 26.0 Å². The summed E-state index contributed by atoms with van der Waals surface area (Å²) in [6, 6.07) is 18.7. The number of aromatic hydroxyl groups is 1. The van der Waals surface area contributed by atoms with E-state index in [0.717, 1.165) is 21.3 Å². The number of nitrogens with one attached hydrogen (secondary N) is 1. The molecule has 0 saturated heterocycles. The second-order valence-electron chi connectivity index (χ2n) is 7.39. The van der Waals surface area contributed by atoms with E-state index in [1.165, 1.54) is 18.0 Å². The van der Waals surface area contributed by atoms with E-state index in [-0.39, 0.29) is 17.4 Å². The Hall–Kier alpha value is -2.66. The minimum absolute atomic E-state index is 0.0280. The first-order valence-corrected chi connectivity index (χ1v) is 13.2. The van der Waals surface area contributed by atoms with Gasteiger partial charge in [0.25, 0.3) is 5.91 Å². The van der Waals surface area contributed by atoms with Gasteiger partial charge >= 0.3 is 0 Å². The van der Waals surface area contributed by atoms with Gasteiger partial charge in [-0.25, -0.2) is 5.43 Å². The van der Waals surface area contributed by atoms with Gasteiger partial charge in [0.1, 0.15) is 5.75 Å². The highest BCUT2D eigenvalue weighted by Gasteiger charge is 2.17. The highest BCUT2D eigenvalue weighted by Crippen LogP contribution is 2.31. The second kappa shape index (κ2) is 11.4. The van der Waals surface area contributed by atoms with Gasteiger partial charge in [0.15, 0.2) is 11.0 Å². The number of rotatable bonds is 7. The monoisotopic (exact) mass is 633 g/mol. The van der Waals surface area contributed by atoms with Gasteiger partial charge in [-0.05, 0) is 59.3 Å². The Balaban J connectivity index is 1.51. The minimum Gasteiger partial charge on any atom is -0.506 e. The molecular formula is C24H18Br2ClN5O2S. The van der Waals surface area contributed by atoms with Crippen LogP contribution >= 0.6 is 55.2 Å². The van der Waals surface area contributed by atoms with Crippen molar-refractivity contribution in [3.05, 3.63) is 85.8 Å². The predicted molar refractivity (Wildman–Crippen MR) is 147 cm³/mol. The molecule has 0 bridgehead atoms. The van der Waals surface area contributed by atoms with Gasteiger partial charge in [-0.3, -0.25) is 9.36 Å². The maximum Gasteiger partial charge on any atom is 0.250 e. The van der Waals surface area contributed by atoms with Crippen molar-refractivity contribution in [2.75, 3.05) is 5.75 Å². The van der Waals surface area contributed by atoms with Crippen LogP contribution in [0.5, 0.6) is 5.75 Å².